The largest absolute Gasteiger partial charge is 0.312 e. The maximum Gasteiger partial charge on any atom is 0.231 e. The van der Waals surface area contributed by atoms with Crippen LogP contribution >= 0.6 is 11.6 Å². The van der Waals surface area contributed by atoms with E-state index in [-0.39, 0.29) is 5.91 Å². The Labute approximate surface area is 130 Å². The second-order valence-electron chi connectivity index (χ2n) is 5.54. The summed E-state index contributed by atoms with van der Waals surface area (Å²) in [6.45, 7) is 2.77. The van der Waals surface area contributed by atoms with Gasteiger partial charge in [-0.3, -0.25) is 4.79 Å². The van der Waals surface area contributed by atoms with Gasteiger partial charge >= 0.3 is 0 Å². The van der Waals surface area contributed by atoms with Crippen molar-refractivity contribution in [3.8, 4) is 0 Å². The van der Waals surface area contributed by atoms with Crippen molar-refractivity contribution < 1.29 is 4.79 Å². The number of halogens is 1. The summed E-state index contributed by atoms with van der Waals surface area (Å²) in [5.41, 5.74) is 4.37. The molecule has 1 aliphatic rings. The molecule has 0 spiro atoms. The van der Waals surface area contributed by atoms with Gasteiger partial charge in [0.2, 0.25) is 5.91 Å². The van der Waals surface area contributed by atoms with Crippen LogP contribution in [0.25, 0.3) is 0 Å². The maximum atomic E-state index is 12.6. The number of anilines is 1. The lowest BCUT2D eigenvalue weighted by molar-refractivity contribution is -0.118. The van der Waals surface area contributed by atoms with Crippen molar-refractivity contribution in [3.63, 3.8) is 0 Å². The highest BCUT2D eigenvalue weighted by Gasteiger charge is 2.22. The molecule has 0 N–H and O–H groups in total. The van der Waals surface area contributed by atoms with Gasteiger partial charge in [-0.1, -0.05) is 41.9 Å². The van der Waals surface area contributed by atoms with E-state index in [0.717, 1.165) is 41.2 Å². The molecule has 2 aromatic carbocycles. The van der Waals surface area contributed by atoms with E-state index < -0.39 is 0 Å². The van der Waals surface area contributed by atoms with Gasteiger partial charge in [-0.25, -0.2) is 0 Å². The molecule has 21 heavy (non-hydrogen) atoms. The Morgan fingerprint density at radius 3 is 2.86 bits per heavy atom. The highest BCUT2D eigenvalue weighted by atomic mass is 35.5. The van der Waals surface area contributed by atoms with Crippen LogP contribution < -0.4 is 4.90 Å². The minimum Gasteiger partial charge on any atom is -0.312 e. The predicted molar refractivity (Wildman–Crippen MR) is 87.0 cm³/mol. The number of aryl methyl sites for hydroxylation is 2. The van der Waals surface area contributed by atoms with E-state index in [0.29, 0.717) is 6.42 Å². The molecule has 0 saturated carbocycles. The zero-order valence-corrected chi connectivity index (χ0v) is 12.9. The van der Waals surface area contributed by atoms with E-state index >= 15 is 0 Å². The summed E-state index contributed by atoms with van der Waals surface area (Å²) in [4.78, 5) is 14.5. The van der Waals surface area contributed by atoms with E-state index in [1.165, 1.54) is 5.56 Å². The fraction of sp³-hybridized carbons (Fsp3) is 0.278. The van der Waals surface area contributed by atoms with Crippen LogP contribution in [0.5, 0.6) is 0 Å². The Morgan fingerprint density at radius 1 is 1.24 bits per heavy atom. The van der Waals surface area contributed by atoms with Gasteiger partial charge in [-0.15, -0.1) is 0 Å². The van der Waals surface area contributed by atoms with Gasteiger partial charge in [-0.05, 0) is 48.6 Å². The van der Waals surface area contributed by atoms with Crippen molar-refractivity contribution in [2.45, 2.75) is 26.2 Å². The Bertz CT molecular complexity index is 681. The van der Waals surface area contributed by atoms with Crippen LogP contribution in [0.15, 0.2) is 42.5 Å². The molecule has 1 amide bonds. The number of hydrogen-bond donors (Lipinski definition) is 0. The number of amides is 1. The third-order valence-corrected chi connectivity index (χ3v) is 4.41. The third-order valence-electron chi connectivity index (χ3n) is 3.99. The van der Waals surface area contributed by atoms with E-state index in [2.05, 4.69) is 6.07 Å². The van der Waals surface area contributed by atoms with Gasteiger partial charge in [0.1, 0.15) is 0 Å². The van der Waals surface area contributed by atoms with Gasteiger partial charge in [0.05, 0.1) is 6.42 Å². The average Bonchev–Trinajstić information content (AvgIpc) is 2.50. The second kappa shape index (κ2) is 5.90. The molecule has 0 saturated heterocycles. The molecule has 0 aliphatic carbocycles. The molecule has 0 fully saturated rings. The van der Waals surface area contributed by atoms with Crippen molar-refractivity contribution in [1.82, 2.24) is 0 Å². The third kappa shape index (κ3) is 2.96. The van der Waals surface area contributed by atoms with Gasteiger partial charge < -0.3 is 4.90 Å². The Kier molecular flexibility index (Phi) is 3.98. The minimum atomic E-state index is 0.156. The first-order valence-corrected chi connectivity index (χ1v) is 7.66. The number of para-hydroxylation sites is 1. The molecule has 0 bridgehead atoms. The Hall–Kier alpha value is -1.80. The molecule has 0 radical (unpaired) electrons. The van der Waals surface area contributed by atoms with E-state index in [1.54, 1.807) is 0 Å². The topological polar surface area (TPSA) is 20.3 Å². The lowest BCUT2D eigenvalue weighted by Crippen LogP contribution is -2.36. The summed E-state index contributed by atoms with van der Waals surface area (Å²) in [6, 6.07) is 14.0. The molecule has 3 heteroatoms. The number of carbonyl (C=O) groups excluding carboxylic acids is 1. The second-order valence-corrected chi connectivity index (χ2v) is 5.95. The molecule has 3 rings (SSSR count). The average molecular weight is 300 g/mol. The van der Waals surface area contributed by atoms with Crippen LogP contribution in [-0.4, -0.2) is 12.5 Å². The summed E-state index contributed by atoms with van der Waals surface area (Å²) in [5.74, 6) is 0.156. The molecule has 0 aromatic heterocycles. The van der Waals surface area contributed by atoms with Crippen molar-refractivity contribution >= 4 is 23.2 Å². The number of nitrogens with zero attached hydrogens (tertiary/aromatic N) is 1. The SMILES string of the molecule is Cc1cc(CC(=O)N2CCCc3ccccc32)ccc1Cl. The highest BCUT2D eigenvalue weighted by Crippen LogP contribution is 2.27. The molecule has 0 unspecified atom stereocenters. The fourth-order valence-electron chi connectivity index (χ4n) is 2.88. The van der Waals surface area contributed by atoms with Crippen LogP contribution in [0.3, 0.4) is 0 Å². The van der Waals surface area contributed by atoms with Gasteiger partial charge in [-0.2, -0.15) is 0 Å². The smallest absolute Gasteiger partial charge is 0.231 e. The zero-order chi connectivity index (χ0) is 14.8. The normalized spacial score (nSPS) is 13.9. The molecule has 1 aliphatic heterocycles. The summed E-state index contributed by atoms with van der Waals surface area (Å²) >= 11 is 6.04. The fourth-order valence-corrected chi connectivity index (χ4v) is 3.00. The lowest BCUT2D eigenvalue weighted by Gasteiger charge is -2.29. The van der Waals surface area contributed by atoms with Crippen LogP contribution in [0, 0.1) is 6.92 Å². The van der Waals surface area contributed by atoms with Crippen LogP contribution in [0.1, 0.15) is 23.1 Å². The summed E-state index contributed by atoms with van der Waals surface area (Å²) in [6.07, 6.45) is 2.51. The van der Waals surface area contributed by atoms with Crippen LogP contribution in [0.4, 0.5) is 5.69 Å². The van der Waals surface area contributed by atoms with Crippen molar-refractivity contribution in [3.05, 3.63) is 64.2 Å². The summed E-state index contributed by atoms with van der Waals surface area (Å²) in [5, 5.41) is 0.745. The van der Waals surface area contributed by atoms with Crippen LogP contribution in [0.2, 0.25) is 5.02 Å². The molecule has 2 aromatic rings. The maximum absolute atomic E-state index is 12.6. The van der Waals surface area contributed by atoms with E-state index in [4.69, 9.17) is 11.6 Å². The number of fused-ring (bicyclic) bond motifs is 1. The lowest BCUT2D eigenvalue weighted by atomic mass is 10.0. The monoisotopic (exact) mass is 299 g/mol. The standard InChI is InChI=1S/C18H18ClNO/c1-13-11-14(8-9-16(13)19)12-18(21)20-10-4-6-15-5-2-3-7-17(15)20/h2-3,5,7-9,11H,4,6,10,12H2,1H3. The summed E-state index contributed by atoms with van der Waals surface area (Å²) < 4.78 is 0. The molecule has 1 heterocycles. The van der Waals surface area contributed by atoms with Gasteiger partial charge in [0.15, 0.2) is 0 Å². The van der Waals surface area contributed by atoms with Crippen molar-refractivity contribution in [2.24, 2.45) is 0 Å². The number of carbonyl (C=O) groups is 1. The van der Waals surface area contributed by atoms with Crippen molar-refractivity contribution in [2.75, 3.05) is 11.4 Å². The van der Waals surface area contributed by atoms with Gasteiger partial charge in [0, 0.05) is 17.3 Å². The molecular formula is C18H18ClNO. The first kappa shape index (κ1) is 14.2. The number of rotatable bonds is 2. The predicted octanol–water partition coefficient (Wildman–Crippen LogP) is 4.17. The van der Waals surface area contributed by atoms with Crippen molar-refractivity contribution in [1.29, 1.82) is 0 Å². The Morgan fingerprint density at radius 2 is 2.05 bits per heavy atom. The molecule has 2 nitrogen and oxygen atoms in total. The van der Waals surface area contributed by atoms with E-state index in [9.17, 15) is 4.79 Å². The first-order valence-electron chi connectivity index (χ1n) is 7.28. The van der Waals surface area contributed by atoms with Crippen LogP contribution in [-0.2, 0) is 17.6 Å². The Balaban J connectivity index is 1.81. The highest BCUT2D eigenvalue weighted by molar-refractivity contribution is 6.31. The minimum absolute atomic E-state index is 0.156. The quantitative estimate of drug-likeness (QED) is 0.815. The molecular weight excluding hydrogens is 282 g/mol. The zero-order valence-electron chi connectivity index (χ0n) is 12.1. The number of benzene rings is 2. The molecule has 108 valence electrons. The molecule has 0 atom stereocenters. The first-order chi connectivity index (χ1) is 10.1. The number of hydrogen-bond acceptors (Lipinski definition) is 1. The van der Waals surface area contributed by atoms with Gasteiger partial charge in [0.25, 0.3) is 0 Å². The summed E-state index contributed by atoms with van der Waals surface area (Å²) in [7, 11) is 0. The van der Waals surface area contributed by atoms with E-state index in [1.807, 2.05) is 48.2 Å².